The lowest BCUT2D eigenvalue weighted by Gasteiger charge is -2.24. The molecule has 0 heterocycles. The summed E-state index contributed by atoms with van der Waals surface area (Å²) < 4.78 is 0. The second kappa shape index (κ2) is 16.4. The average Bonchev–Trinajstić information content (AvgIpc) is 2.81. The maximum Gasteiger partial charge on any atom is 0.322 e. The van der Waals surface area contributed by atoms with Crippen molar-refractivity contribution in [2.24, 2.45) is 0 Å². The number of carbonyl (C=O) groups excluding carboxylic acids is 1. The lowest BCUT2D eigenvalue weighted by Crippen LogP contribution is -2.35. The first-order valence-electron chi connectivity index (χ1n) is 12.7. The molecule has 0 fully saturated rings. The van der Waals surface area contributed by atoms with Crippen molar-refractivity contribution >= 4 is 23.3 Å². The predicted molar refractivity (Wildman–Crippen MR) is 140 cm³/mol. The smallest absolute Gasteiger partial charge is 0.322 e. The summed E-state index contributed by atoms with van der Waals surface area (Å²) in [5, 5.41) is 13.7. The van der Waals surface area contributed by atoms with Gasteiger partial charge in [0.15, 0.2) is 0 Å². The van der Waals surface area contributed by atoms with Crippen LogP contribution >= 0.6 is 11.6 Å². The number of unbranched alkanes of at least 4 members (excludes halogenated alkanes) is 11. The van der Waals surface area contributed by atoms with E-state index in [1.165, 1.54) is 64.2 Å². The Morgan fingerprint density at radius 2 is 1.42 bits per heavy atom. The summed E-state index contributed by atoms with van der Waals surface area (Å²) in [6, 6.07) is 14.2. The molecule has 0 atom stereocenters. The van der Waals surface area contributed by atoms with Crippen LogP contribution in [-0.4, -0.2) is 22.6 Å². The van der Waals surface area contributed by atoms with Gasteiger partial charge < -0.3 is 15.3 Å². The predicted octanol–water partition coefficient (Wildman–Crippen LogP) is 8.78. The van der Waals surface area contributed by atoms with Crippen molar-refractivity contribution in [1.29, 1.82) is 0 Å². The first-order valence-corrected chi connectivity index (χ1v) is 13.1. The van der Waals surface area contributed by atoms with Crippen molar-refractivity contribution in [1.82, 2.24) is 4.90 Å². The van der Waals surface area contributed by atoms with E-state index in [0.29, 0.717) is 23.7 Å². The Bertz CT molecular complexity index is 798. The fourth-order valence-corrected chi connectivity index (χ4v) is 4.20. The summed E-state index contributed by atoms with van der Waals surface area (Å²) in [4.78, 5) is 14.7. The molecule has 4 nitrogen and oxygen atoms in total. The third-order valence-corrected chi connectivity index (χ3v) is 6.23. The number of phenolic OH excluding ortho intramolecular Hbond substituents is 1. The van der Waals surface area contributed by atoms with Gasteiger partial charge in [0.25, 0.3) is 0 Å². The van der Waals surface area contributed by atoms with E-state index >= 15 is 0 Å². The van der Waals surface area contributed by atoms with Crippen LogP contribution in [0, 0.1) is 0 Å². The van der Waals surface area contributed by atoms with Crippen molar-refractivity contribution in [3.63, 3.8) is 0 Å². The lowest BCUT2D eigenvalue weighted by molar-refractivity contribution is 0.207. The van der Waals surface area contributed by atoms with Crippen molar-refractivity contribution in [2.45, 2.75) is 90.5 Å². The number of amides is 2. The number of aromatic hydroxyl groups is 1. The number of para-hydroxylation sites is 1. The Balaban J connectivity index is 1.75. The number of urea groups is 1. The van der Waals surface area contributed by atoms with Crippen molar-refractivity contribution < 1.29 is 9.90 Å². The number of rotatable bonds is 16. The third kappa shape index (κ3) is 11.5. The number of phenols is 1. The van der Waals surface area contributed by atoms with Gasteiger partial charge in [0.1, 0.15) is 5.75 Å². The minimum atomic E-state index is -0.163. The van der Waals surface area contributed by atoms with E-state index in [4.69, 9.17) is 11.6 Å². The summed E-state index contributed by atoms with van der Waals surface area (Å²) in [6.45, 7) is 3.22. The lowest BCUT2D eigenvalue weighted by atomic mass is 10.1. The molecule has 0 aromatic heterocycles. The van der Waals surface area contributed by atoms with Crippen LogP contribution in [0.1, 0.15) is 89.5 Å². The number of anilines is 1. The molecule has 2 aromatic rings. The molecular weight excluding hydrogens is 432 g/mol. The summed E-state index contributed by atoms with van der Waals surface area (Å²) in [6.07, 6.45) is 15.4. The van der Waals surface area contributed by atoms with Gasteiger partial charge in [-0.2, -0.15) is 0 Å². The Hall–Kier alpha value is -2.20. The quantitative estimate of drug-likeness (QED) is 0.240. The zero-order valence-electron chi connectivity index (χ0n) is 20.2. The Labute approximate surface area is 205 Å². The minimum absolute atomic E-state index is 0.159. The van der Waals surface area contributed by atoms with Crippen molar-refractivity contribution in [2.75, 3.05) is 11.9 Å². The number of nitrogens with zero attached hydrogens (tertiary/aromatic N) is 1. The van der Waals surface area contributed by atoms with E-state index in [1.807, 2.05) is 30.3 Å². The minimum Gasteiger partial charge on any atom is -0.508 e. The Morgan fingerprint density at radius 1 is 0.848 bits per heavy atom. The molecule has 0 bridgehead atoms. The van der Waals surface area contributed by atoms with Crippen LogP contribution in [0.2, 0.25) is 5.02 Å². The molecule has 2 amide bonds. The van der Waals surface area contributed by atoms with Gasteiger partial charge in [0, 0.05) is 22.8 Å². The summed E-state index contributed by atoms with van der Waals surface area (Å²) in [5.74, 6) is 0.159. The van der Waals surface area contributed by atoms with Crippen molar-refractivity contribution in [3.8, 4) is 5.75 Å². The molecule has 2 rings (SSSR count). The third-order valence-electron chi connectivity index (χ3n) is 6.00. The van der Waals surface area contributed by atoms with E-state index in [9.17, 15) is 9.90 Å². The van der Waals surface area contributed by atoms with Crippen LogP contribution in [0.25, 0.3) is 0 Å². The fourth-order valence-electron chi connectivity index (χ4n) is 4.01. The van der Waals surface area contributed by atoms with Crippen LogP contribution in [0.15, 0.2) is 48.5 Å². The van der Waals surface area contributed by atoms with Gasteiger partial charge in [-0.15, -0.1) is 0 Å². The summed E-state index contributed by atoms with van der Waals surface area (Å²) in [5.41, 5.74) is 1.42. The average molecular weight is 473 g/mol. The van der Waals surface area contributed by atoms with Crippen LogP contribution in [0.4, 0.5) is 10.5 Å². The van der Waals surface area contributed by atoms with Gasteiger partial charge in [-0.3, -0.25) is 0 Å². The number of halogens is 1. The largest absolute Gasteiger partial charge is 0.508 e. The molecule has 0 saturated carbocycles. The summed E-state index contributed by atoms with van der Waals surface area (Å²) in [7, 11) is 0. The molecular formula is C28H41ClN2O2. The molecule has 2 N–H and O–H groups in total. The zero-order chi connectivity index (χ0) is 23.7. The Morgan fingerprint density at radius 3 is 2.03 bits per heavy atom. The molecule has 182 valence electrons. The monoisotopic (exact) mass is 472 g/mol. The molecule has 5 heteroatoms. The molecule has 0 saturated heterocycles. The van der Waals surface area contributed by atoms with Crippen LogP contribution in [-0.2, 0) is 6.54 Å². The molecule has 2 aromatic carbocycles. The molecule has 0 unspecified atom stereocenters. The van der Waals surface area contributed by atoms with Crippen LogP contribution in [0.3, 0.4) is 0 Å². The van der Waals surface area contributed by atoms with Gasteiger partial charge in [-0.25, -0.2) is 4.79 Å². The van der Waals surface area contributed by atoms with Gasteiger partial charge in [0.05, 0.1) is 6.54 Å². The van der Waals surface area contributed by atoms with E-state index < -0.39 is 0 Å². The van der Waals surface area contributed by atoms with E-state index in [1.54, 1.807) is 23.1 Å². The highest BCUT2D eigenvalue weighted by Gasteiger charge is 2.16. The second-order valence-corrected chi connectivity index (χ2v) is 9.32. The molecule has 0 aliphatic rings. The van der Waals surface area contributed by atoms with Gasteiger partial charge in [-0.05, 0) is 36.8 Å². The standard InChI is InChI=1S/C28H41ClN2O2/c1-2-3-4-5-6-7-8-9-10-11-12-16-21-31(23-24-22-25(29)19-20-27(24)32)28(33)30-26-17-14-13-15-18-26/h13-15,17-20,22,32H,2-12,16,21,23H2,1H3,(H,30,33). The van der Waals surface area contributed by atoms with E-state index in [2.05, 4.69) is 12.2 Å². The van der Waals surface area contributed by atoms with Gasteiger partial charge in [-0.1, -0.05) is 107 Å². The first kappa shape index (κ1) is 27.0. The topological polar surface area (TPSA) is 52.6 Å². The highest BCUT2D eigenvalue weighted by atomic mass is 35.5. The number of carbonyl (C=O) groups is 1. The molecule has 0 radical (unpaired) electrons. The number of hydrogen-bond donors (Lipinski definition) is 2. The number of nitrogens with one attached hydrogen (secondary N) is 1. The van der Waals surface area contributed by atoms with Gasteiger partial charge >= 0.3 is 6.03 Å². The molecule has 33 heavy (non-hydrogen) atoms. The maximum absolute atomic E-state index is 12.9. The molecule has 0 aliphatic carbocycles. The SMILES string of the molecule is CCCCCCCCCCCCCCN(Cc1cc(Cl)ccc1O)C(=O)Nc1ccccc1. The first-order chi connectivity index (χ1) is 16.1. The number of hydrogen-bond acceptors (Lipinski definition) is 2. The van der Waals surface area contributed by atoms with Crippen LogP contribution in [0.5, 0.6) is 5.75 Å². The molecule has 0 aliphatic heterocycles. The second-order valence-electron chi connectivity index (χ2n) is 8.88. The normalized spacial score (nSPS) is 10.8. The van der Waals surface area contributed by atoms with E-state index in [0.717, 1.165) is 18.5 Å². The van der Waals surface area contributed by atoms with Crippen molar-refractivity contribution in [3.05, 3.63) is 59.1 Å². The van der Waals surface area contributed by atoms with Gasteiger partial charge in [0.2, 0.25) is 0 Å². The highest BCUT2D eigenvalue weighted by Crippen LogP contribution is 2.24. The fraction of sp³-hybridized carbons (Fsp3) is 0.536. The van der Waals surface area contributed by atoms with E-state index in [-0.39, 0.29) is 11.8 Å². The Kier molecular flexibility index (Phi) is 13.5. The highest BCUT2D eigenvalue weighted by molar-refractivity contribution is 6.30. The maximum atomic E-state index is 12.9. The number of benzene rings is 2. The summed E-state index contributed by atoms with van der Waals surface area (Å²) >= 11 is 6.11. The van der Waals surface area contributed by atoms with Crippen LogP contribution < -0.4 is 5.32 Å². The zero-order valence-corrected chi connectivity index (χ0v) is 21.0. The molecule has 0 spiro atoms.